The Bertz CT molecular complexity index is 509. The van der Waals surface area contributed by atoms with Crippen LogP contribution >= 0.6 is 0 Å². The highest BCUT2D eigenvalue weighted by molar-refractivity contribution is 5.96. The molecule has 1 N–H and O–H groups in total. The molecule has 0 radical (unpaired) electrons. The van der Waals surface area contributed by atoms with E-state index in [1.54, 1.807) is 12.5 Å². The summed E-state index contributed by atoms with van der Waals surface area (Å²) in [6, 6.07) is 10.7. The van der Waals surface area contributed by atoms with E-state index in [1.807, 2.05) is 0 Å². The van der Waals surface area contributed by atoms with E-state index in [0.29, 0.717) is 6.42 Å². The lowest BCUT2D eigenvalue weighted by Gasteiger charge is -2.13. The number of Topliss-reactive ketones (excluding diaryl/α,β-unsaturated/α-hetero) is 1. The Morgan fingerprint density at radius 1 is 1.11 bits per heavy atom. The third-order valence-corrected chi connectivity index (χ3v) is 3.57. The van der Waals surface area contributed by atoms with Crippen molar-refractivity contribution >= 4 is 5.78 Å². The maximum Gasteiger partial charge on any atom is 0.197 e. The molecule has 19 heavy (non-hydrogen) atoms. The predicted octanol–water partition coefficient (Wildman–Crippen LogP) is 4.13. The summed E-state index contributed by atoms with van der Waals surface area (Å²) in [5, 5.41) is 8.80. The van der Waals surface area contributed by atoms with E-state index < -0.39 is 0 Å². The van der Waals surface area contributed by atoms with Crippen molar-refractivity contribution in [1.29, 1.82) is 0 Å². The van der Waals surface area contributed by atoms with E-state index >= 15 is 0 Å². The first-order valence-corrected chi connectivity index (χ1v) is 6.80. The first kappa shape index (κ1) is 13.6. The van der Waals surface area contributed by atoms with Gasteiger partial charge in [-0.3, -0.25) is 4.79 Å². The van der Waals surface area contributed by atoms with Gasteiger partial charge >= 0.3 is 0 Å². The molecule has 2 nitrogen and oxygen atoms in total. The smallest absolute Gasteiger partial charge is 0.197 e. The molecule has 0 bridgehead atoms. The average Bonchev–Trinajstić information content (AvgIpc) is 2.67. The van der Waals surface area contributed by atoms with Crippen LogP contribution in [0.2, 0.25) is 0 Å². The molecule has 2 aliphatic carbocycles. The van der Waals surface area contributed by atoms with Crippen LogP contribution in [-0.2, 0) is 11.2 Å². The van der Waals surface area contributed by atoms with E-state index in [-0.39, 0.29) is 11.5 Å². The van der Waals surface area contributed by atoms with Gasteiger partial charge in [-0.05, 0) is 43.7 Å². The van der Waals surface area contributed by atoms with Crippen molar-refractivity contribution < 1.29 is 9.90 Å². The van der Waals surface area contributed by atoms with Gasteiger partial charge in [0.25, 0.3) is 0 Å². The molecule has 0 atom stereocenters. The number of aliphatic hydroxyl groups is 1. The van der Waals surface area contributed by atoms with Gasteiger partial charge in [-0.2, -0.15) is 0 Å². The fourth-order valence-electron chi connectivity index (χ4n) is 2.14. The molecule has 0 aliphatic heterocycles. The molecule has 0 unspecified atom stereocenters. The monoisotopic (exact) mass is 256 g/mol. The van der Waals surface area contributed by atoms with Crippen molar-refractivity contribution in [2.24, 2.45) is 0 Å². The van der Waals surface area contributed by atoms with Crippen molar-refractivity contribution in [1.82, 2.24) is 0 Å². The second kappa shape index (κ2) is 6.37. The Labute approximate surface area is 114 Å². The largest absolute Gasteiger partial charge is 0.504 e. The molecule has 2 heteroatoms. The van der Waals surface area contributed by atoms with Crippen LogP contribution in [0, 0.1) is 0 Å². The quantitative estimate of drug-likeness (QED) is 0.808. The molecule has 100 valence electrons. The van der Waals surface area contributed by atoms with Gasteiger partial charge in [0, 0.05) is 6.42 Å². The van der Waals surface area contributed by atoms with Gasteiger partial charge < -0.3 is 5.11 Å². The summed E-state index contributed by atoms with van der Waals surface area (Å²) >= 11 is 0. The molecular formula is C17H20O2. The highest BCUT2D eigenvalue weighted by Gasteiger charge is 2.17. The van der Waals surface area contributed by atoms with Crippen molar-refractivity contribution in [3.63, 3.8) is 0 Å². The van der Waals surface area contributed by atoms with E-state index in [2.05, 4.69) is 36.4 Å². The molecule has 0 aromatic heterocycles. The van der Waals surface area contributed by atoms with Crippen LogP contribution in [0.1, 0.15) is 38.2 Å². The molecule has 0 spiro atoms. The summed E-state index contributed by atoms with van der Waals surface area (Å²) in [6.07, 6.45) is 7.35. The van der Waals surface area contributed by atoms with Crippen LogP contribution < -0.4 is 0 Å². The normalized spacial score (nSPS) is 17.5. The highest BCUT2D eigenvalue weighted by Crippen LogP contribution is 2.21. The number of hydrogen-bond acceptors (Lipinski definition) is 2. The number of aliphatic hydroxyl groups excluding tert-OH is 1. The fraction of sp³-hybridized carbons (Fsp3) is 0.353. The van der Waals surface area contributed by atoms with Gasteiger partial charge in [-0.1, -0.05) is 42.0 Å². The number of allylic oxidation sites excluding steroid dienone is 4. The first-order chi connectivity index (χ1) is 9.16. The van der Waals surface area contributed by atoms with Crippen molar-refractivity contribution in [3.05, 3.63) is 58.9 Å². The van der Waals surface area contributed by atoms with Gasteiger partial charge in [0.1, 0.15) is 0 Å². The molecule has 0 fully saturated rings. The maximum absolute atomic E-state index is 10.5. The minimum absolute atomic E-state index is 0.00926. The Morgan fingerprint density at radius 2 is 1.79 bits per heavy atom. The lowest BCUT2D eigenvalue weighted by atomic mass is 9.93. The zero-order chi connectivity index (χ0) is 13.7. The minimum atomic E-state index is -0.109. The van der Waals surface area contributed by atoms with E-state index in [0.717, 1.165) is 12.0 Å². The minimum Gasteiger partial charge on any atom is -0.504 e. The molecule has 0 saturated heterocycles. The third kappa shape index (κ3) is 3.82. The van der Waals surface area contributed by atoms with Gasteiger partial charge in [-0.25, -0.2) is 0 Å². The first-order valence-electron chi connectivity index (χ1n) is 6.80. The SMILES string of the molecule is C1=C(Cc2ccccc2)CC1.CC1=C(O)C(=O)CC1. The number of rotatable bonds is 2. The van der Waals surface area contributed by atoms with Crippen LogP contribution in [-0.4, -0.2) is 10.9 Å². The van der Waals surface area contributed by atoms with Gasteiger partial charge in [0.05, 0.1) is 0 Å². The average molecular weight is 256 g/mol. The molecule has 1 aromatic rings. The predicted molar refractivity (Wildman–Crippen MR) is 77.0 cm³/mol. The number of ketones is 1. The zero-order valence-corrected chi connectivity index (χ0v) is 11.4. The summed E-state index contributed by atoms with van der Waals surface area (Å²) in [5.41, 5.74) is 3.88. The van der Waals surface area contributed by atoms with Crippen LogP contribution in [0.4, 0.5) is 0 Å². The molecule has 0 saturated carbocycles. The molecule has 3 rings (SSSR count). The number of benzene rings is 1. The Kier molecular flexibility index (Phi) is 4.56. The second-order valence-electron chi connectivity index (χ2n) is 5.12. The topological polar surface area (TPSA) is 37.3 Å². The van der Waals surface area contributed by atoms with Gasteiger partial charge in [0.15, 0.2) is 11.5 Å². The molecule has 0 heterocycles. The molecule has 2 aliphatic rings. The maximum atomic E-state index is 10.5. The van der Waals surface area contributed by atoms with Gasteiger partial charge in [0.2, 0.25) is 0 Å². The highest BCUT2D eigenvalue weighted by atomic mass is 16.3. The van der Waals surface area contributed by atoms with Crippen LogP contribution in [0.3, 0.4) is 0 Å². The Balaban J connectivity index is 0.000000148. The molecule has 1 aromatic carbocycles. The lowest BCUT2D eigenvalue weighted by molar-refractivity contribution is -0.117. The second-order valence-corrected chi connectivity index (χ2v) is 5.12. The Morgan fingerprint density at radius 3 is 2.16 bits per heavy atom. The summed E-state index contributed by atoms with van der Waals surface area (Å²) in [6.45, 7) is 1.78. The number of carbonyl (C=O) groups excluding carboxylic acids is 1. The van der Waals surface area contributed by atoms with Gasteiger partial charge in [-0.15, -0.1) is 0 Å². The van der Waals surface area contributed by atoms with E-state index in [9.17, 15) is 4.79 Å². The molecular weight excluding hydrogens is 236 g/mol. The zero-order valence-electron chi connectivity index (χ0n) is 11.4. The standard InChI is InChI=1S/C11H12.C6H8O2/c1-2-5-10(6-3-1)9-11-7-4-8-11;1-4-2-3-5(7)6(4)8/h1-3,5-7H,4,8-9H2;8H,2-3H2,1H3. The van der Waals surface area contributed by atoms with Crippen LogP contribution in [0.25, 0.3) is 0 Å². The van der Waals surface area contributed by atoms with Crippen LogP contribution in [0.15, 0.2) is 53.3 Å². The summed E-state index contributed by atoms with van der Waals surface area (Å²) in [4.78, 5) is 10.5. The Hall–Kier alpha value is -1.83. The van der Waals surface area contributed by atoms with Crippen molar-refractivity contribution in [3.8, 4) is 0 Å². The third-order valence-electron chi connectivity index (χ3n) is 3.57. The van der Waals surface area contributed by atoms with Crippen molar-refractivity contribution in [2.45, 2.75) is 39.0 Å². The number of hydrogen-bond donors (Lipinski definition) is 1. The summed E-state index contributed by atoms with van der Waals surface area (Å²) in [5.74, 6) is -0.118. The number of carbonyl (C=O) groups is 1. The fourth-order valence-corrected chi connectivity index (χ4v) is 2.14. The lowest BCUT2D eigenvalue weighted by Crippen LogP contribution is -1.97. The van der Waals surface area contributed by atoms with Crippen molar-refractivity contribution in [2.75, 3.05) is 0 Å². The van der Waals surface area contributed by atoms with Crippen LogP contribution in [0.5, 0.6) is 0 Å². The molecule has 0 amide bonds. The van der Waals surface area contributed by atoms with E-state index in [4.69, 9.17) is 5.11 Å². The summed E-state index contributed by atoms with van der Waals surface area (Å²) < 4.78 is 0. The van der Waals surface area contributed by atoms with E-state index in [1.165, 1.54) is 24.8 Å². The summed E-state index contributed by atoms with van der Waals surface area (Å²) in [7, 11) is 0.